The van der Waals surface area contributed by atoms with Gasteiger partial charge in [-0.1, -0.05) is 18.2 Å². The van der Waals surface area contributed by atoms with Gasteiger partial charge in [-0.25, -0.2) is 0 Å². The van der Waals surface area contributed by atoms with Crippen molar-refractivity contribution < 1.29 is 14.3 Å². The van der Waals surface area contributed by atoms with E-state index in [2.05, 4.69) is 17.4 Å². The highest BCUT2D eigenvalue weighted by Gasteiger charge is 2.30. The standard InChI is InChI=1S/C16H22N2O3/c19-16(15-12-20-10-11-21-15)18-8-6-14(7-9-18)17-13-4-2-1-3-5-13/h1-5,14-15,17H,6-12H2/t15-/m0/s1. The van der Waals surface area contributed by atoms with Crippen molar-refractivity contribution in [2.75, 3.05) is 38.2 Å². The van der Waals surface area contributed by atoms with E-state index in [0.29, 0.717) is 25.9 Å². The molecular weight excluding hydrogens is 268 g/mol. The van der Waals surface area contributed by atoms with Gasteiger partial charge in [0.15, 0.2) is 6.10 Å². The molecule has 3 rings (SSSR count). The quantitative estimate of drug-likeness (QED) is 0.916. The van der Waals surface area contributed by atoms with E-state index in [-0.39, 0.29) is 5.91 Å². The molecule has 0 unspecified atom stereocenters. The summed E-state index contributed by atoms with van der Waals surface area (Å²) in [5, 5.41) is 3.53. The number of ether oxygens (including phenoxy) is 2. The maximum atomic E-state index is 12.3. The Morgan fingerprint density at radius 3 is 2.57 bits per heavy atom. The van der Waals surface area contributed by atoms with E-state index in [1.807, 2.05) is 23.1 Å². The summed E-state index contributed by atoms with van der Waals surface area (Å²) in [7, 11) is 0. The number of piperidine rings is 1. The van der Waals surface area contributed by atoms with Gasteiger partial charge in [-0.3, -0.25) is 4.79 Å². The summed E-state index contributed by atoms with van der Waals surface area (Å²) in [5.74, 6) is 0.0767. The van der Waals surface area contributed by atoms with Crippen LogP contribution in [0.4, 0.5) is 5.69 Å². The maximum absolute atomic E-state index is 12.3. The van der Waals surface area contributed by atoms with E-state index in [0.717, 1.165) is 31.6 Å². The minimum absolute atomic E-state index is 0.0767. The Morgan fingerprint density at radius 2 is 1.90 bits per heavy atom. The number of benzene rings is 1. The molecule has 1 aromatic carbocycles. The molecule has 0 spiro atoms. The van der Waals surface area contributed by atoms with Gasteiger partial charge in [0, 0.05) is 24.8 Å². The lowest BCUT2D eigenvalue weighted by Gasteiger charge is -2.35. The van der Waals surface area contributed by atoms with Gasteiger partial charge in [-0.2, -0.15) is 0 Å². The fourth-order valence-electron chi connectivity index (χ4n) is 2.85. The molecule has 114 valence electrons. The SMILES string of the molecule is O=C([C@@H]1COCCO1)N1CCC(Nc2ccccc2)CC1. The first-order valence-electron chi connectivity index (χ1n) is 7.62. The summed E-state index contributed by atoms with van der Waals surface area (Å²) >= 11 is 0. The minimum atomic E-state index is -0.405. The molecule has 1 atom stereocenters. The molecule has 0 aromatic heterocycles. The van der Waals surface area contributed by atoms with Crippen LogP contribution in [0, 0.1) is 0 Å². The highest BCUT2D eigenvalue weighted by Crippen LogP contribution is 2.18. The van der Waals surface area contributed by atoms with Crippen molar-refractivity contribution >= 4 is 11.6 Å². The van der Waals surface area contributed by atoms with Crippen molar-refractivity contribution in [3.8, 4) is 0 Å². The monoisotopic (exact) mass is 290 g/mol. The molecule has 5 nitrogen and oxygen atoms in total. The van der Waals surface area contributed by atoms with Gasteiger partial charge >= 0.3 is 0 Å². The smallest absolute Gasteiger partial charge is 0.254 e. The lowest BCUT2D eigenvalue weighted by atomic mass is 10.0. The number of nitrogens with zero attached hydrogens (tertiary/aromatic N) is 1. The minimum Gasteiger partial charge on any atom is -0.382 e. The topological polar surface area (TPSA) is 50.8 Å². The van der Waals surface area contributed by atoms with Crippen LogP contribution in [0.25, 0.3) is 0 Å². The Kier molecular flexibility index (Phi) is 4.72. The van der Waals surface area contributed by atoms with E-state index < -0.39 is 6.10 Å². The summed E-state index contributed by atoms with van der Waals surface area (Å²) in [6, 6.07) is 10.6. The van der Waals surface area contributed by atoms with Crippen LogP contribution in [0.5, 0.6) is 0 Å². The summed E-state index contributed by atoms with van der Waals surface area (Å²) in [6.07, 6.45) is 1.53. The van der Waals surface area contributed by atoms with E-state index >= 15 is 0 Å². The molecule has 0 radical (unpaired) electrons. The molecular formula is C16H22N2O3. The second kappa shape index (κ2) is 6.91. The second-order valence-electron chi connectivity index (χ2n) is 5.54. The highest BCUT2D eigenvalue weighted by molar-refractivity contribution is 5.81. The lowest BCUT2D eigenvalue weighted by molar-refractivity contribution is -0.158. The number of nitrogens with one attached hydrogen (secondary N) is 1. The number of amides is 1. The first kappa shape index (κ1) is 14.4. The Hall–Kier alpha value is -1.59. The first-order chi connectivity index (χ1) is 10.3. The molecule has 5 heteroatoms. The van der Waals surface area contributed by atoms with E-state index in [1.165, 1.54) is 0 Å². The van der Waals surface area contributed by atoms with E-state index in [1.54, 1.807) is 0 Å². The molecule has 1 N–H and O–H groups in total. The second-order valence-corrected chi connectivity index (χ2v) is 5.54. The van der Waals surface area contributed by atoms with Crippen molar-refractivity contribution in [2.24, 2.45) is 0 Å². The zero-order valence-electron chi connectivity index (χ0n) is 12.2. The first-order valence-corrected chi connectivity index (χ1v) is 7.62. The molecule has 2 saturated heterocycles. The number of likely N-dealkylation sites (tertiary alicyclic amines) is 1. The molecule has 2 fully saturated rings. The molecule has 0 saturated carbocycles. The number of rotatable bonds is 3. The van der Waals surface area contributed by atoms with Crippen LogP contribution in [-0.4, -0.2) is 55.9 Å². The fraction of sp³-hybridized carbons (Fsp3) is 0.562. The van der Waals surface area contributed by atoms with Gasteiger partial charge in [0.2, 0.25) is 0 Å². The molecule has 0 aliphatic carbocycles. The van der Waals surface area contributed by atoms with Crippen LogP contribution in [0.2, 0.25) is 0 Å². The third-order valence-electron chi connectivity index (χ3n) is 4.04. The van der Waals surface area contributed by atoms with Crippen LogP contribution in [-0.2, 0) is 14.3 Å². The van der Waals surface area contributed by atoms with Crippen LogP contribution < -0.4 is 5.32 Å². The third-order valence-corrected chi connectivity index (χ3v) is 4.04. The number of para-hydroxylation sites is 1. The van der Waals surface area contributed by atoms with Crippen LogP contribution >= 0.6 is 0 Å². The fourth-order valence-corrected chi connectivity index (χ4v) is 2.85. The van der Waals surface area contributed by atoms with E-state index in [4.69, 9.17) is 9.47 Å². The van der Waals surface area contributed by atoms with Crippen molar-refractivity contribution in [3.63, 3.8) is 0 Å². The van der Waals surface area contributed by atoms with Gasteiger partial charge < -0.3 is 19.7 Å². The molecule has 2 heterocycles. The average Bonchev–Trinajstić information content (AvgIpc) is 2.57. The summed E-state index contributed by atoms with van der Waals surface area (Å²) < 4.78 is 10.8. The molecule has 2 aliphatic heterocycles. The molecule has 1 aromatic rings. The molecule has 1 amide bonds. The summed E-state index contributed by atoms with van der Waals surface area (Å²) in [6.45, 7) is 3.06. The summed E-state index contributed by atoms with van der Waals surface area (Å²) in [5.41, 5.74) is 1.14. The lowest BCUT2D eigenvalue weighted by Crippen LogP contribution is -2.49. The number of hydrogen-bond donors (Lipinski definition) is 1. The highest BCUT2D eigenvalue weighted by atomic mass is 16.6. The average molecular weight is 290 g/mol. The van der Waals surface area contributed by atoms with Gasteiger partial charge in [-0.15, -0.1) is 0 Å². The predicted molar refractivity (Wildman–Crippen MR) is 80.2 cm³/mol. The third kappa shape index (κ3) is 3.74. The van der Waals surface area contributed by atoms with Crippen LogP contribution in [0.3, 0.4) is 0 Å². The van der Waals surface area contributed by atoms with E-state index in [9.17, 15) is 4.79 Å². The molecule has 2 aliphatic rings. The Bertz CT molecular complexity index is 452. The maximum Gasteiger partial charge on any atom is 0.254 e. The molecule has 21 heavy (non-hydrogen) atoms. The summed E-state index contributed by atoms with van der Waals surface area (Å²) in [4.78, 5) is 14.2. The van der Waals surface area contributed by atoms with Gasteiger partial charge in [-0.05, 0) is 25.0 Å². The van der Waals surface area contributed by atoms with Crippen LogP contribution in [0.1, 0.15) is 12.8 Å². The van der Waals surface area contributed by atoms with Gasteiger partial charge in [0.05, 0.1) is 19.8 Å². The van der Waals surface area contributed by atoms with Crippen molar-refractivity contribution in [3.05, 3.63) is 30.3 Å². The number of carbonyl (C=O) groups excluding carboxylic acids is 1. The van der Waals surface area contributed by atoms with Gasteiger partial charge in [0.25, 0.3) is 5.91 Å². The molecule has 0 bridgehead atoms. The number of carbonyl (C=O) groups is 1. The number of anilines is 1. The van der Waals surface area contributed by atoms with Crippen molar-refractivity contribution in [2.45, 2.75) is 25.0 Å². The normalized spacial score (nSPS) is 23.8. The van der Waals surface area contributed by atoms with Gasteiger partial charge in [0.1, 0.15) is 0 Å². The van der Waals surface area contributed by atoms with Crippen LogP contribution in [0.15, 0.2) is 30.3 Å². The predicted octanol–water partition coefficient (Wildman–Crippen LogP) is 1.50. The largest absolute Gasteiger partial charge is 0.382 e. The van der Waals surface area contributed by atoms with Crippen molar-refractivity contribution in [1.82, 2.24) is 4.90 Å². The Morgan fingerprint density at radius 1 is 1.14 bits per heavy atom. The Labute approximate surface area is 125 Å². The zero-order valence-corrected chi connectivity index (χ0v) is 12.2. The Balaban J connectivity index is 1.47. The van der Waals surface area contributed by atoms with Crippen molar-refractivity contribution in [1.29, 1.82) is 0 Å². The number of hydrogen-bond acceptors (Lipinski definition) is 4. The zero-order chi connectivity index (χ0) is 14.5.